The van der Waals surface area contributed by atoms with Crippen LogP contribution >= 0.6 is 0 Å². The van der Waals surface area contributed by atoms with E-state index in [2.05, 4.69) is 4.98 Å². The largest absolute Gasteiger partial charge is 0.291 e. The van der Waals surface area contributed by atoms with Crippen molar-refractivity contribution in [1.29, 1.82) is 0 Å². The summed E-state index contributed by atoms with van der Waals surface area (Å²) in [5.41, 5.74) is 0.572. The topological polar surface area (TPSA) is 48.4 Å². The van der Waals surface area contributed by atoms with Crippen LogP contribution in [0.2, 0.25) is 0 Å². The Bertz CT molecular complexity index is 306. The zero-order valence-corrected chi connectivity index (χ0v) is 7.68. The molecule has 1 saturated heterocycles. The van der Waals surface area contributed by atoms with Gasteiger partial charge in [-0.05, 0) is 25.0 Å². The van der Waals surface area contributed by atoms with Crippen LogP contribution in [0.1, 0.15) is 23.2 Å². The maximum absolute atomic E-state index is 11.8. The zero-order chi connectivity index (χ0) is 9.80. The van der Waals surface area contributed by atoms with E-state index in [0.717, 1.165) is 6.42 Å². The summed E-state index contributed by atoms with van der Waals surface area (Å²) in [4.78, 5) is 25.3. The highest BCUT2D eigenvalue weighted by Crippen LogP contribution is 2.14. The SMILES string of the molecule is O=C(c1cccnc1)C1CCCOO1. The zero-order valence-electron chi connectivity index (χ0n) is 7.68. The van der Waals surface area contributed by atoms with Crippen molar-refractivity contribution in [2.75, 3.05) is 6.61 Å². The Kier molecular flexibility index (Phi) is 2.86. The van der Waals surface area contributed by atoms with E-state index in [1.165, 1.54) is 0 Å². The summed E-state index contributed by atoms with van der Waals surface area (Å²) in [6.45, 7) is 0.566. The average Bonchev–Trinajstić information content (AvgIpc) is 2.30. The molecule has 1 aromatic rings. The summed E-state index contributed by atoms with van der Waals surface area (Å²) in [5.74, 6) is -0.0576. The molecular formula is C10H11NO3. The summed E-state index contributed by atoms with van der Waals surface area (Å²) in [6, 6.07) is 3.46. The Morgan fingerprint density at radius 1 is 1.57 bits per heavy atom. The second-order valence-corrected chi connectivity index (χ2v) is 3.16. The highest BCUT2D eigenvalue weighted by Gasteiger charge is 2.24. The van der Waals surface area contributed by atoms with Crippen molar-refractivity contribution in [2.24, 2.45) is 0 Å². The molecule has 2 rings (SSSR count). The second-order valence-electron chi connectivity index (χ2n) is 3.16. The Labute approximate surface area is 81.8 Å². The van der Waals surface area contributed by atoms with E-state index in [-0.39, 0.29) is 5.78 Å². The molecule has 0 spiro atoms. The number of hydrogen-bond donors (Lipinski definition) is 0. The number of pyridine rings is 1. The smallest absolute Gasteiger partial charge is 0.196 e. The third kappa shape index (κ3) is 1.97. The molecule has 0 saturated carbocycles. The fourth-order valence-corrected chi connectivity index (χ4v) is 1.38. The van der Waals surface area contributed by atoms with E-state index in [4.69, 9.17) is 9.78 Å². The van der Waals surface area contributed by atoms with E-state index < -0.39 is 6.10 Å². The lowest BCUT2D eigenvalue weighted by molar-refractivity contribution is -0.331. The average molecular weight is 193 g/mol. The van der Waals surface area contributed by atoms with Gasteiger partial charge in [0.05, 0.1) is 6.61 Å². The molecule has 1 atom stereocenters. The fraction of sp³-hybridized carbons (Fsp3) is 0.400. The molecule has 0 amide bonds. The number of aromatic nitrogens is 1. The van der Waals surface area contributed by atoms with E-state index in [0.29, 0.717) is 18.6 Å². The molecule has 0 N–H and O–H groups in total. The number of rotatable bonds is 2. The first-order valence-electron chi connectivity index (χ1n) is 4.60. The quantitative estimate of drug-likeness (QED) is 0.525. The maximum Gasteiger partial charge on any atom is 0.196 e. The standard InChI is InChI=1S/C10H11NO3/c12-10(8-3-1-5-11-7-8)9-4-2-6-13-14-9/h1,3,5,7,9H,2,4,6H2. The fourth-order valence-electron chi connectivity index (χ4n) is 1.38. The van der Waals surface area contributed by atoms with Gasteiger partial charge in [-0.1, -0.05) is 0 Å². The molecular weight excluding hydrogens is 182 g/mol. The number of carbonyl (C=O) groups excluding carboxylic acids is 1. The molecule has 0 aliphatic carbocycles. The van der Waals surface area contributed by atoms with Crippen LogP contribution in [0.4, 0.5) is 0 Å². The minimum absolute atomic E-state index is 0.0576. The van der Waals surface area contributed by atoms with Crippen molar-refractivity contribution in [3.05, 3.63) is 30.1 Å². The predicted molar refractivity (Wildman–Crippen MR) is 48.6 cm³/mol. The molecule has 0 bridgehead atoms. The lowest BCUT2D eigenvalue weighted by Crippen LogP contribution is -2.28. The Morgan fingerprint density at radius 2 is 2.50 bits per heavy atom. The van der Waals surface area contributed by atoms with E-state index >= 15 is 0 Å². The molecule has 1 aliphatic heterocycles. The van der Waals surface area contributed by atoms with Gasteiger partial charge in [-0.25, -0.2) is 9.78 Å². The van der Waals surface area contributed by atoms with Gasteiger partial charge in [0, 0.05) is 18.0 Å². The van der Waals surface area contributed by atoms with Crippen LogP contribution in [0.5, 0.6) is 0 Å². The number of ketones is 1. The van der Waals surface area contributed by atoms with Gasteiger partial charge in [0.25, 0.3) is 0 Å². The monoisotopic (exact) mass is 193 g/mol. The lowest BCUT2D eigenvalue weighted by atomic mass is 10.0. The molecule has 0 radical (unpaired) electrons. The Morgan fingerprint density at radius 3 is 3.14 bits per heavy atom. The van der Waals surface area contributed by atoms with Crippen molar-refractivity contribution in [1.82, 2.24) is 4.98 Å². The van der Waals surface area contributed by atoms with Crippen molar-refractivity contribution < 1.29 is 14.6 Å². The molecule has 4 heteroatoms. The van der Waals surface area contributed by atoms with Crippen molar-refractivity contribution >= 4 is 5.78 Å². The molecule has 1 aliphatic rings. The van der Waals surface area contributed by atoms with Crippen LogP contribution in [0.15, 0.2) is 24.5 Å². The van der Waals surface area contributed by atoms with Gasteiger partial charge >= 0.3 is 0 Å². The summed E-state index contributed by atoms with van der Waals surface area (Å²) in [5, 5.41) is 0. The number of nitrogens with zero attached hydrogens (tertiary/aromatic N) is 1. The van der Waals surface area contributed by atoms with Crippen molar-refractivity contribution in [2.45, 2.75) is 18.9 Å². The molecule has 0 aromatic carbocycles. The molecule has 1 fully saturated rings. The van der Waals surface area contributed by atoms with E-state index in [1.807, 2.05) is 0 Å². The molecule has 2 heterocycles. The maximum atomic E-state index is 11.8. The summed E-state index contributed by atoms with van der Waals surface area (Å²) < 4.78 is 0. The van der Waals surface area contributed by atoms with Gasteiger partial charge in [-0.2, -0.15) is 0 Å². The van der Waals surface area contributed by atoms with Gasteiger partial charge in [-0.15, -0.1) is 0 Å². The van der Waals surface area contributed by atoms with Crippen LogP contribution in [0.3, 0.4) is 0 Å². The molecule has 14 heavy (non-hydrogen) atoms. The van der Waals surface area contributed by atoms with Crippen LogP contribution in [-0.2, 0) is 9.78 Å². The summed E-state index contributed by atoms with van der Waals surface area (Å²) in [6.07, 6.45) is 4.28. The normalized spacial score (nSPS) is 21.9. The summed E-state index contributed by atoms with van der Waals surface area (Å²) >= 11 is 0. The molecule has 4 nitrogen and oxygen atoms in total. The van der Waals surface area contributed by atoms with E-state index in [9.17, 15) is 4.79 Å². The minimum Gasteiger partial charge on any atom is -0.291 e. The van der Waals surface area contributed by atoms with Crippen LogP contribution in [0, 0.1) is 0 Å². The Balaban J connectivity index is 2.07. The lowest BCUT2D eigenvalue weighted by Gasteiger charge is -2.19. The highest BCUT2D eigenvalue weighted by molar-refractivity contribution is 5.99. The predicted octanol–water partition coefficient (Wildman–Crippen LogP) is 1.37. The first-order valence-corrected chi connectivity index (χ1v) is 4.60. The number of hydrogen-bond acceptors (Lipinski definition) is 4. The Hall–Kier alpha value is -1.26. The number of carbonyl (C=O) groups is 1. The molecule has 74 valence electrons. The minimum atomic E-state index is -0.465. The number of Topliss-reactive ketones (excluding diaryl/α,β-unsaturated/α-hetero) is 1. The molecule has 1 unspecified atom stereocenters. The third-order valence-electron chi connectivity index (χ3n) is 2.12. The highest BCUT2D eigenvalue weighted by atomic mass is 17.2. The van der Waals surface area contributed by atoms with Crippen molar-refractivity contribution in [3.63, 3.8) is 0 Å². The van der Waals surface area contributed by atoms with Gasteiger partial charge < -0.3 is 0 Å². The van der Waals surface area contributed by atoms with Gasteiger partial charge in [0.1, 0.15) is 0 Å². The third-order valence-corrected chi connectivity index (χ3v) is 2.12. The summed E-state index contributed by atoms with van der Waals surface area (Å²) in [7, 11) is 0. The molecule has 1 aromatic heterocycles. The first-order chi connectivity index (χ1) is 6.88. The van der Waals surface area contributed by atoms with Crippen LogP contribution in [0.25, 0.3) is 0 Å². The van der Waals surface area contributed by atoms with Crippen LogP contribution < -0.4 is 0 Å². The first kappa shape index (κ1) is 9.30. The second kappa shape index (κ2) is 4.30. The van der Waals surface area contributed by atoms with E-state index in [1.54, 1.807) is 24.5 Å². The van der Waals surface area contributed by atoms with Crippen LogP contribution in [-0.4, -0.2) is 23.5 Å². The van der Waals surface area contributed by atoms with Gasteiger partial charge in [0.2, 0.25) is 0 Å². The van der Waals surface area contributed by atoms with Gasteiger partial charge in [0.15, 0.2) is 11.9 Å². The van der Waals surface area contributed by atoms with Crippen molar-refractivity contribution in [3.8, 4) is 0 Å². The van der Waals surface area contributed by atoms with Gasteiger partial charge in [-0.3, -0.25) is 9.78 Å².